The van der Waals surface area contributed by atoms with Gasteiger partial charge in [-0.2, -0.15) is 0 Å². The maximum absolute atomic E-state index is 6.92. The molecule has 0 aliphatic rings. The van der Waals surface area contributed by atoms with E-state index in [1.54, 1.807) is 13.0 Å². The molecule has 0 radical (unpaired) electrons. The monoisotopic (exact) mass is 161 g/mol. The molecule has 0 atom stereocenters. The Morgan fingerprint density at radius 2 is 2.00 bits per heavy atom. The Morgan fingerprint density at radius 3 is 2.00 bits per heavy atom. The number of hydrogen-bond acceptors (Lipinski definition) is 1. The Kier molecular flexibility index (Phi) is 2.92. The summed E-state index contributed by atoms with van der Waals surface area (Å²) in [4.78, 5) is 0. The van der Waals surface area contributed by atoms with Crippen LogP contribution in [0.3, 0.4) is 0 Å². The number of allylic oxidation sites excluding steroid dienone is 2. The summed E-state index contributed by atoms with van der Waals surface area (Å²) in [5.41, 5.74) is 0.578. The van der Waals surface area contributed by atoms with Gasteiger partial charge in [0.05, 0.1) is 0 Å². The van der Waals surface area contributed by atoms with E-state index in [1.807, 2.05) is 6.92 Å². The van der Waals surface area contributed by atoms with Gasteiger partial charge in [-0.1, -0.05) is 15.9 Å². The number of nitrogens with one attached hydrogen (secondary N) is 1. The van der Waals surface area contributed by atoms with Gasteiger partial charge in [0.25, 0.3) is 0 Å². The molecule has 1 nitrogen and oxygen atoms in total. The van der Waals surface area contributed by atoms with Crippen LogP contribution in [0.4, 0.5) is 0 Å². The number of hydrogen-bond donors (Lipinski definition) is 1. The van der Waals surface area contributed by atoms with Crippen LogP contribution < -0.4 is 0 Å². The lowest BCUT2D eigenvalue weighted by Crippen LogP contribution is -1.77. The summed E-state index contributed by atoms with van der Waals surface area (Å²) < 4.78 is 1.00. The van der Waals surface area contributed by atoms with Gasteiger partial charge in [0.2, 0.25) is 0 Å². The van der Waals surface area contributed by atoms with Crippen molar-refractivity contribution < 1.29 is 0 Å². The highest BCUT2D eigenvalue weighted by molar-refractivity contribution is 9.11. The van der Waals surface area contributed by atoms with Gasteiger partial charge in [0.15, 0.2) is 0 Å². The first kappa shape index (κ1) is 6.89. The van der Waals surface area contributed by atoms with E-state index in [2.05, 4.69) is 15.9 Å². The first-order valence-electron chi connectivity index (χ1n) is 2.02. The third-order valence-electron chi connectivity index (χ3n) is 0.415. The van der Waals surface area contributed by atoms with E-state index in [9.17, 15) is 0 Å². The van der Waals surface area contributed by atoms with Crippen LogP contribution in [-0.2, 0) is 0 Å². The van der Waals surface area contributed by atoms with Gasteiger partial charge in [-0.3, -0.25) is 0 Å². The maximum Gasteiger partial charge on any atom is 0.0290 e. The Labute approximate surface area is 52.1 Å². The average molecular weight is 162 g/mol. The molecule has 0 saturated heterocycles. The molecule has 0 aliphatic carbocycles. The second-order valence-electron chi connectivity index (χ2n) is 1.41. The van der Waals surface area contributed by atoms with Crippen molar-refractivity contribution in [1.82, 2.24) is 0 Å². The highest BCUT2D eigenvalue weighted by Crippen LogP contribution is 2.00. The van der Waals surface area contributed by atoms with E-state index in [0.29, 0.717) is 5.71 Å². The molecule has 1 N–H and O–H groups in total. The van der Waals surface area contributed by atoms with Crippen LogP contribution in [0.1, 0.15) is 13.8 Å². The van der Waals surface area contributed by atoms with Crippen molar-refractivity contribution >= 4 is 21.6 Å². The fraction of sp³-hybridized carbons (Fsp3) is 0.400. The van der Waals surface area contributed by atoms with Crippen molar-refractivity contribution in [3.05, 3.63) is 10.6 Å². The molecule has 0 saturated carbocycles. The lowest BCUT2D eigenvalue weighted by atomic mass is 10.4. The van der Waals surface area contributed by atoms with Crippen molar-refractivity contribution in [3.8, 4) is 0 Å². The largest absolute Gasteiger partial charge is 0.306 e. The highest BCUT2D eigenvalue weighted by atomic mass is 79.9. The summed E-state index contributed by atoms with van der Waals surface area (Å²) in [6, 6.07) is 0. The summed E-state index contributed by atoms with van der Waals surface area (Å²) in [5, 5.41) is 6.92. The third-order valence-corrected chi connectivity index (χ3v) is 0.644. The molecule has 0 aromatic carbocycles. The van der Waals surface area contributed by atoms with Crippen LogP contribution in [0.25, 0.3) is 0 Å². The molecule has 0 unspecified atom stereocenters. The van der Waals surface area contributed by atoms with Crippen LogP contribution in [0.5, 0.6) is 0 Å². The maximum atomic E-state index is 6.92. The minimum absolute atomic E-state index is 0.578. The Bertz CT molecular complexity index is 101. The summed E-state index contributed by atoms with van der Waals surface area (Å²) in [6.07, 6.45) is 1.75. The molecule has 0 aromatic rings. The Morgan fingerprint density at radius 1 is 1.57 bits per heavy atom. The molecule has 0 bridgehead atoms. The van der Waals surface area contributed by atoms with Crippen LogP contribution in [0, 0.1) is 5.41 Å². The second-order valence-corrected chi connectivity index (χ2v) is 2.66. The first-order valence-corrected chi connectivity index (χ1v) is 2.81. The Hall–Kier alpha value is -0.110. The molecular weight excluding hydrogens is 154 g/mol. The molecule has 0 heterocycles. The number of rotatable bonds is 1. The summed E-state index contributed by atoms with van der Waals surface area (Å²) in [7, 11) is 0. The quantitative estimate of drug-likeness (QED) is 0.572. The van der Waals surface area contributed by atoms with Gasteiger partial charge < -0.3 is 5.41 Å². The predicted molar refractivity (Wildman–Crippen MR) is 36.1 cm³/mol. The summed E-state index contributed by atoms with van der Waals surface area (Å²) in [5.74, 6) is 0. The standard InChI is InChI=1S/C5H8BrN/c1-4(6)3-5(2)7/h3,7H,1-2H3/b4-3+,7-5?. The predicted octanol–water partition coefficient (Wildman–Crippen LogP) is 2.32. The summed E-state index contributed by atoms with van der Waals surface area (Å²) >= 11 is 3.20. The van der Waals surface area contributed by atoms with Gasteiger partial charge in [0.1, 0.15) is 0 Å². The van der Waals surface area contributed by atoms with E-state index in [-0.39, 0.29) is 0 Å². The zero-order chi connectivity index (χ0) is 5.86. The fourth-order valence-electron chi connectivity index (χ4n) is 0.298. The SMILES string of the molecule is CC(=N)/C=C(\C)Br. The molecule has 40 valence electrons. The van der Waals surface area contributed by atoms with E-state index < -0.39 is 0 Å². The van der Waals surface area contributed by atoms with Gasteiger partial charge in [-0.05, 0) is 24.4 Å². The van der Waals surface area contributed by atoms with Gasteiger partial charge in [0, 0.05) is 5.71 Å². The van der Waals surface area contributed by atoms with Crippen LogP contribution in [0.15, 0.2) is 10.6 Å². The molecule has 2 heteroatoms. The van der Waals surface area contributed by atoms with Crippen molar-refractivity contribution in [3.63, 3.8) is 0 Å². The minimum atomic E-state index is 0.578. The van der Waals surface area contributed by atoms with E-state index >= 15 is 0 Å². The molecule has 0 spiro atoms. The molecule has 0 rings (SSSR count). The lowest BCUT2D eigenvalue weighted by molar-refractivity contribution is 1.49. The van der Waals surface area contributed by atoms with Crippen LogP contribution >= 0.6 is 15.9 Å². The van der Waals surface area contributed by atoms with Crippen molar-refractivity contribution in [1.29, 1.82) is 5.41 Å². The zero-order valence-electron chi connectivity index (χ0n) is 4.46. The molecule has 0 aromatic heterocycles. The van der Waals surface area contributed by atoms with Gasteiger partial charge in [-0.15, -0.1) is 0 Å². The topological polar surface area (TPSA) is 23.9 Å². The van der Waals surface area contributed by atoms with Crippen molar-refractivity contribution in [2.75, 3.05) is 0 Å². The normalized spacial score (nSPS) is 11.6. The van der Waals surface area contributed by atoms with Crippen molar-refractivity contribution in [2.24, 2.45) is 0 Å². The zero-order valence-corrected chi connectivity index (χ0v) is 6.04. The highest BCUT2D eigenvalue weighted by Gasteiger charge is 1.77. The fourth-order valence-corrected chi connectivity index (χ4v) is 0.642. The Balaban J connectivity index is 3.68. The average Bonchev–Trinajstić information content (AvgIpc) is 1.27. The van der Waals surface area contributed by atoms with Crippen LogP contribution in [-0.4, -0.2) is 5.71 Å². The van der Waals surface area contributed by atoms with Crippen LogP contribution in [0.2, 0.25) is 0 Å². The molecule has 0 amide bonds. The van der Waals surface area contributed by atoms with E-state index in [1.165, 1.54) is 0 Å². The van der Waals surface area contributed by atoms with Gasteiger partial charge in [-0.25, -0.2) is 0 Å². The van der Waals surface area contributed by atoms with Gasteiger partial charge >= 0.3 is 0 Å². The second kappa shape index (κ2) is 2.97. The molecule has 0 aliphatic heterocycles. The van der Waals surface area contributed by atoms with Crippen molar-refractivity contribution in [2.45, 2.75) is 13.8 Å². The lowest BCUT2D eigenvalue weighted by Gasteiger charge is -1.81. The number of halogens is 1. The third kappa shape index (κ3) is 5.89. The minimum Gasteiger partial charge on any atom is -0.306 e. The summed E-state index contributed by atoms with van der Waals surface area (Å²) in [6.45, 7) is 3.64. The van der Waals surface area contributed by atoms with E-state index in [0.717, 1.165) is 4.48 Å². The molecule has 7 heavy (non-hydrogen) atoms. The molecular formula is C5H8BrN. The smallest absolute Gasteiger partial charge is 0.0290 e. The molecule has 0 fully saturated rings. The first-order chi connectivity index (χ1) is 3.13. The van der Waals surface area contributed by atoms with E-state index in [4.69, 9.17) is 5.41 Å².